The molecule has 2 aliphatic heterocycles. The van der Waals surface area contributed by atoms with Gasteiger partial charge in [-0.15, -0.1) is 29.9 Å². The Kier molecular flexibility index (Phi) is 11.8. The Morgan fingerprint density at radius 3 is 2.24 bits per heavy atom. The molecule has 0 aromatic carbocycles. The second kappa shape index (κ2) is 12.9. The van der Waals surface area contributed by atoms with Crippen LogP contribution in [0.3, 0.4) is 0 Å². The first-order valence-electron chi connectivity index (χ1n) is 10.4. The predicted octanol–water partition coefficient (Wildman–Crippen LogP) is 1.47. The second-order valence-corrected chi connectivity index (χ2v) is 8.00. The maximum Gasteiger partial charge on any atom is 0.378 e. The molecule has 1 amide bonds. The standard InChI is InChI=1S/C19H34N4O4.2ClH/c1-19(21-15-24,26-17-5-3-2-4-6-17)18(25)27-23-13-11-22(12-14-23)16-7-9-20-10-8-16;;/h15-17,20H,2-14H2,1H3,(H,21,24);2*1H. The van der Waals surface area contributed by atoms with Crippen LogP contribution in [0, 0.1) is 0 Å². The summed E-state index contributed by atoms with van der Waals surface area (Å²) in [7, 11) is 0. The molecule has 2 N–H and O–H groups in total. The molecule has 2 saturated heterocycles. The monoisotopic (exact) mass is 454 g/mol. The molecule has 3 rings (SSSR count). The van der Waals surface area contributed by atoms with Crippen LogP contribution in [0.4, 0.5) is 0 Å². The average molecular weight is 455 g/mol. The first kappa shape index (κ1) is 26.4. The van der Waals surface area contributed by atoms with Gasteiger partial charge in [0.15, 0.2) is 0 Å². The van der Waals surface area contributed by atoms with Crippen molar-refractivity contribution >= 4 is 37.2 Å². The lowest BCUT2D eigenvalue weighted by molar-refractivity contribution is -0.230. The predicted molar refractivity (Wildman–Crippen MR) is 115 cm³/mol. The highest BCUT2D eigenvalue weighted by Gasteiger charge is 2.40. The molecule has 2 heterocycles. The van der Waals surface area contributed by atoms with Crippen LogP contribution >= 0.6 is 24.8 Å². The lowest BCUT2D eigenvalue weighted by Crippen LogP contribution is -2.58. The van der Waals surface area contributed by atoms with E-state index < -0.39 is 11.7 Å². The Bertz CT molecular complexity index is 497. The van der Waals surface area contributed by atoms with Crippen LogP contribution < -0.4 is 10.6 Å². The van der Waals surface area contributed by atoms with Crippen LogP contribution in [0.2, 0.25) is 0 Å². The van der Waals surface area contributed by atoms with E-state index in [1.165, 1.54) is 19.3 Å². The van der Waals surface area contributed by atoms with Crippen molar-refractivity contribution in [1.29, 1.82) is 0 Å². The lowest BCUT2D eigenvalue weighted by Gasteiger charge is -2.41. The minimum absolute atomic E-state index is 0. The normalized spacial score (nSPS) is 24.4. The fraction of sp³-hybridized carbons (Fsp3) is 0.895. The van der Waals surface area contributed by atoms with E-state index in [0.717, 1.165) is 51.9 Å². The summed E-state index contributed by atoms with van der Waals surface area (Å²) in [6, 6.07) is 0.626. The molecule has 29 heavy (non-hydrogen) atoms. The third-order valence-electron chi connectivity index (χ3n) is 5.99. The fourth-order valence-corrected chi connectivity index (χ4v) is 4.31. The second-order valence-electron chi connectivity index (χ2n) is 8.00. The van der Waals surface area contributed by atoms with Gasteiger partial charge in [-0.1, -0.05) is 19.3 Å². The van der Waals surface area contributed by atoms with Crippen LogP contribution in [0.25, 0.3) is 0 Å². The number of piperazine rings is 1. The Morgan fingerprint density at radius 1 is 1.03 bits per heavy atom. The highest BCUT2D eigenvalue weighted by Crippen LogP contribution is 2.25. The molecule has 0 aromatic heterocycles. The smallest absolute Gasteiger partial charge is 0.364 e. The molecule has 1 atom stereocenters. The molecule has 3 aliphatic rings. The Hall–Kier alpha value is -0.640. The number of hydrogen-bond acceptors (Lipinski definition) is 7. The average Bonchev–Trinajstić information content (AvgIpc) is 2.70. The van der Waals surface area contributed by atoms with Crippen LogP contribution in [-0.2, 0) is 19.2 Å². The number of ether oxygens (including phenoxy) is 1. The highest BCUT2D eigenvalue weighted by molar-refractivity contribution is 5.85. The van der Waals surface area contributed by atoms with Gasteiger partial charge in [0.1, 0.15) is 0 Å². The molecule has 1 unspecified atom stereocenters. The van der Waals surface area contributed by atoms with Gasteiger partial charge in [0, 0.05) is 32.2 Å². The van der Waals surface area contributed by atoms with Crippen LogP contribution in [0.15, 0.2) is 0 Å². The Balaban J connectivity index is 0.00000210. The van der Waals surface area contributed by atoms with Crippen molar-refractivity contribution in [2.24, 2.45) is 0 Å². The number of carbonyl (C=O) groups excluding carboxylic acids is 2. The zero-order chi connectivity index (χ0) is 19.1. The molecule has 0 aromatic rings. The van der Waals surface area contributed by atoms with E-state index in [2.05, 4.69) is 15.5 Å². The molecule has 8 nitrogen and oxygen atoms in total. The van der Waals surface area contributed by atoms with Gasteiger partial charge in [0.25, 0.3) is 0 Å². The minimum atomic E-state index is -1.43. The largest absolute Gasteiger partial charge is 0.378 e. The summed E-state index contributed by atoms with van der Waals surface area (Å²) < 4.78 is 5.98. The van der Waals surface area contributed by atoms with Crippen LogP contribution in [0.5, 0.6) is 0 Å². The van der Waals surface area contributed by atoms with Crippen molar-refractivity contribution in [3.05, 3.63) is 0 Å². The Morgan fingerprint density at radius 2 is 1.66 bits per heavy atom. The van der Waals surface area contributed by atoms with E-state index in [1.807, 2.05) is 0 Å². The number of hydrogen-bond donors (Lipinski definition) is 2. The van der Waals surface area contributed by atoms with Gasteiger partial charge < -0.3 is 20.2 Å². The molecule has 1 aliphatic carbocycles. The summed E-state index contributed by atoms with van der Waals surface area (Å²) in [5.41, 5.74) is -1.43. The third-order valence-corrected chi connectivity index (χ3v) is 5.99. The van der Waals surface area contributed by atoms with E-state index in [4.69, 9.17) is 9.57 Å². The van der Waals surface area contributed by atoms with E-state index in [-0.39, 0.29) is 30.9 Å². The molecule has 3 fully saturated rings. The van der Waals surface area contributed by atoms with Gasteiger partial charge >= 0.3 is 5.97 Å². The lowest BCUT2D eigenvalue weighted by atomic mass is 9.97. The maximum atomic E-state index is 12.7. The molecule has 10 heteroatoms. The summed E-state index contributed by atoms with van der Waals surface area (Å²) in [6.45, 7) is 6.87. The van der Waals surface area contributed by atoms with Crippen molar-refractivity contribution in [1.82, 2.24) is 20.6 Å². The summed E-state index contributed by atoms with van der Waals surface area (Å²) in [5, 5.41) is 7.63. The molecule has 1 saturated carbocycles. The quantitative estimate of drug-likeness (QED) is 0.444. The summed E-state index contributed by atoms with van der Waals surface area (Å²) in [6.07, 6.45) is 8.07. The van der Waals surface area contributed by atoms with Crippen molar-refractivity contribution in [3.8, 4) is 0 Å². The van der Waals surface area contributed by atoms with Crippen LogP contribution in [-0.4, -0.2) is 79.5 Å². The van der Waals surface area contributed by atoms with Gasteiger partial charge in [0.2, 0.25) is 12.1 Å². The SMILES string of the molecule is CC(NC=O)(OC1CCCCC1)C(=O)ON1CCN(C2CCNCC2)CC1.Cl.Cl. The van der Waals surface area contributed by atoms with Gasteiger partial charge in [-0.25, -0.2) is 4.79 Å². The Labute approximate surface area is 186 Å². The van der Waals surface area contributed by atoms with Crippen molar-refractivity contribution in [3.63, 3.8) is 0 Å². The number of carbonyl (C=O) groups is 2. The first-order chi connectivity index (χ1) is 13.1. The van der Waals surface area contributed by atoms with Crippen molar-refractivity contribution in [2.75, 3.05) is 39.3 Å². The number of piperidine rings is 1. The van der Waals surface area contributed by atoms with Crippen LogP contribution in [0.1, 0.15) is 51.9 Å². The van der Waals surface area contributed by atoms with E-state index in [1.54, 1.807) is 12.0 Å². The first-order valence-corrected chi connectivity index (χ1v) is 10.4. The van der Waals surface area contributed by atoms with Crippen molar-refractivity contribution in [2.45, 2.75) is 69.7 Å². The molecule has 170 valence electrons. The maximum absolute atomic E-state index is 12.7. The number of amides is 1. The molecule has 0 bridgehead atoms. The highest BCUT2D eigenvalue weighted by atomic mass is 35.5. The van der Waals surface area contributed by atoms with Gasteiger partial charge in [-0.2, -0.15) is 0 Å². The fourth-order valence-electron chi connectivity index (χ4n) is 4.31. The number of halogens is 2. The zero-order valence-corrected chi connectivity index (χ0v) is 18.9. The molecule has 0 radical (unpaired) electrons. The minimum Gasteiger partial charge on any atom is -0.364 e. The van der Waals surface area contributed by atoms with E-state index in [9.17, 15) is 9.59 Å². The van der Waals surface area contributed by atoms with Gasteiger partial charge in [0.05, 0.1) is 6.10 Å². The number of nitrogens with zero attached hydrogens (tertiary/aromatic N) is 2. The molecular weight excluding hydrogens is 419 g/mol. The van der Waals surface area contributed by atoms with E-state index >= 15 is 0 Å². The van der Waals surface area contributed by atoms with Gasteiger partial charge in [-0.05, 0) is 45.7 Å². The van der Waals surface area contributed by atoms with Crippen molar-refractivity contribution < 1.29 is 19.2 Å². The summed E-state index contributed by atoms with van der Waals surface area (Å²) in [5.74, 6) is -0.546. The summed E-state index contributed by atoms with van der Waals surface area (Å²) in [4.78, 5) is 31.9. The summed E-state index contributed by atoms with van der Waals surface area (Å²) >= 11 is 0. The number of nitrogens with one attached hydrogen (secondary N) is 2. The number of hydroxylamine groups is 2. The van der Waals surface area contributed by atoms with E-state index in [0.29, 0.717) is 25.5 Å². The molecular formula is C19H36Cl2N4O4. The topological polar surface area (TPSA) is 83.1 Å². The third kappa shape index (κ3) is 7.52. The zero-order valence-electron chi connectivity index (χ0n) is 17.3. The van der Waals surface area contributed by atoms with Gasteiger partial charge in [-0.3, -0.25) is 9.69 Å². The molecule has 0 spiro atoms. The number of rotatable bonds is 7.